The van der Waals surface area contributed by atoms with Gasteiger partial charge in [-0.1, -0.05) is 18.2 Å². The van der Waals surface area contributed by atoms with E-state index < -0.39 is 0 Å². The van der Waals surface area contributed by atoms with Crippen LogP contribution in [0.2, 0.25) is 0 Å². The minimum atomic E-state index is -0.106. The molecule has 0 spiro atoms. The monoisotopic (exact) mass is 367 g/mol. The van der Waals surface area contributed by atoms with Crippen molar-refractivity contribution in [3.05, 3.63) is 74.6 Å². The van der Waals surface area contributed by atoms with E-state index in [-0.39, 0.29) is 5.56 Å². The van der Waals surface area contributed by atoms with Gasteiger partial charge in [0.05, 0.1) is 11.3 Å². The molecule has 0 unspecified atom stereocenters. The highest BCUT2D eigenvalue weighted by Crippen LogP contribution is 2.40. The van der Waals surface area contributed by atoms with E-state index >= 15 is 0 Å². The molecule has 0 aliphatic heterocycles. The second kappa shape index (κ2) is 5.46. The molecule has 0 saturated heterocycles. The summed E-state index contributed by atoms with van der Waals surface area (Å²) in [5.41, 5.74) is 2.27. The molecule has 1 fully saturated rings. The molecule has 0 radical (unpaired) electrons. The molecule has 1 saturated carbocycles. The van der Waals surface area contributed by atoms with Crippen molar-refractivity contribution < 1.29 is 4.79 Å². The Hall–Kier alpha value is -2.20. The van der Waals surface area contributed by atoms with Crippen molar-refractivity contribution in [2.45, 2.75) is 18.8 Å². The standard InChI is InChI=1S/C19H14BrNO2/c20-17-2-1-3-18(16(17)11-22)21-9-8-14-10-13(12-4-5-12)6-7-15(14)19(21)23/h1-3,6-12H,4-5H2. The highest BCUT2D eigenvalue weighted by atomic mass is 79.9. The summed E-state index contributed by atoms with van der Waals surface area (Å²) >= 11 is 3.36. The molecule has 4 heteroatoms. The van der Waals surface area contributed by atoms with Gasteiger partial charge in [0, 0.05) is 16.1 Å². The third-order valence-electron chi connectivity index (χ3n) is 4.38. The summed E-state index contributed by atoms with van der Waals surface area (Å²) in [6.07, 6.45) is 5.00. The number of aromatic nitrogens is 1. The molecule has 114 valence electrons. The zero-order chi connectivity index (χ0) is 16.0. The number of hydrogen-bond acceptors (Lipinski definition) is 2. The second-order valence-corrected chi connectivity index (χ2v) is 6.76. The van der Waals surface area contributed by atoms with Gasteiger partial charge in [0.25, 0.3) is 5.56 Å². The van der Waals surface area contributed by atoms with Crippen LogP contribution < -0.4 is 5.56 Å². The lowest BCUT2D eigenvalue weighted by Crippen LogP contribution is -2.19. The fraction of sp³-hybridized carbons (Fsp3) is 0.158. The van der Waals surface area contributed by atoms with Gasteiger partial charge < -0.3 is 0 Å². The van der Waals surface area contributed by atoms with Crippen LogP contribution in [-0.2, 0) is 0 Å². The van der Waals surface area contributed by atoms with Crippen LogP contribution in [0, 0.1) is 0 Å². The van der Waals surface area contributed by atoms with Crippen LogP contribution in [0.25, 0.3) is 16.5 Å². The van der Waals surface area contributed by atoms with Crippen LogP contribution in [0.3, 0.4) is 0 Å². The maximum Gasteiger partial charge on any atom is 0.262 e. The molecular formula is C19H14BrNO2. The summed E-state index contributed by atoms with van der Waals surface area (Å²) in [5, 5.41) is 1.63. The summed E-state index contributed by atoms with van der Waals surface area (Å²) in [7, 11) is 0. The highest BCUT2D eigenvalue weighted by molar-refractivity contribution is 9.10. The molecule has 2 aromatic carbocycles. The van der Waals surface area contributed by atoms with E-state index in [0.717, 1.165) is 11.7 Å². The van der Waals surface area contributed by atoms with E-state index in [0.29, 0.717) is 27.0 Å². The van der Waals surface area contributed by atoms with Crippen molar-refractivity contribution in [3.63, 3.8) is 0 Å². The minimum absolute atomic E-state index is 0.106. The predicted octanol–water partition coefficient (Wildman–Crippen LogP) is 4.44. The van der Waals surface area contributed by atoms with Gasteiger partial charge in [-0.25, -0.2) is 0 Å². The Morgan fingerprint density at radius 2 is 1.96 bits per heavy atom. The molecule has 1 heterocycles. The van der Waals surface area contributed by atoms with Gasteiger partial charge in [0.2, 0.25) is 0 Å². The maximum atomic E-state index is 12.8. The number of halogens is 1. The number of rotatable bonds is 3. The number of fused-ring (bicyclic) bond motifs is 1. The van der Waals surface area contributed by atoms with E-state index in [2.05, 4.69) is 22.0 Å². The molecule has 1 aliphatic rings. The van der Waals surface area contributed by atoms with Crippen molar-refractivity contribution in [3.8, 4) is 5.69 Å². The van der Waals surface area contributed by atoms with Crippen molar-refractivity contribution in [2.24, 2.45) is 0 Å². The Labute approximate surface area is 141 Å². The van der Waals surface area contributed by atoms with E-state index in [9.17, 15) is 9.59 Å². The average Bonchev–Trinajstić information content (AvgIpc) is 3.40. The fourth-order valence-electron chi connectivity index (χ4n) is 2.98. The van der Waals surface area contributed by atoms with E-state index in [1.807, 2.05) is 24.3 Å². The number of nitrogens with zero attached hydrogens (tertiary/aromatic N) is 1. The Bertz CT molecular complexity index is 986. The van der Waals surface area contributed by atoms with Gasteiger partial charge in [-0.15, -0.1) is 0 Å². The molecule has 3 nitrogen and oxygen atoms in total. The summed E-state index contributed by atoms with van der Waals surface area (Å²) in [4.78, 5) is 24.2. The molecule has 0 amide bonds. The van der Waals surface area contributed by atoms with Gasteiger partial charge >= 0.3 is 0 Å². The lowest BCUT2D eigenvalue weighted by atomic mass is 10.1. The number of aldehydes is 1. The summed E-state index contributed by atoms with van der Waals surface area (Å²) < 4.78 is 2.22. The SMILES string of the molecule is O=Cc1c(Br)cccc1-n1ccc2cc(C3CC3)ccc2c1=O. The summed E-state index contributed by atoms with van der Waals surface area (Å²) in [6.45, 7) is 0. The lowest BCUT2D eigenvalue weighted by molar-refractivity contribution is 0.112. The number of pyridine rings is 1. The Balaban J connectivity index is 1.94. The van der Waals surface area contributed by atoms with Crippen molar-refractivity contribution in [1.82, 2.24) is 4.57 Å². The topological polar surface area (TPSA) is 39.1 Å². The zero-order valence-electron chi connectivity index (χ0n) is 12.3. The fourth-order valence-corrected chi connectivity index (χ4v) is 3.43. The first-order valence-corrected chi connectivity index (χ1v) is 8.38. The Morgan fingerprint density at radius 3 is 2.70 bits per heavy atom. The Kier molecular flexibility index (Phi) is 3.42. The molecule has 4 rings (SSSR count). The smallest absolute Gasteiger partial charge is 0.262 e. The van der Waals surface area contributed by atoms with Gasteiger partial charge in [-0.2, -0.15) is 0 Å². The largest absolute Gasteiger partial charge is 0.298 e. The van der Waals surface area contributed by atoms with Crippen LogP contribution in [0.5, 0.6) is 0 Å². The number of hydrogen-bond donors (Lipinski definition) is 0. The van der Waals surface area contributed by atoms with Crippen molar-refractivity contribution >= 4 is 33.0 Å². The highest BCUT2D eigenvalue weighted by Gasteiger charge is 2.23. The first kappa shape index (κ1) is 14.4. The molecule has 0 atom stereocenters. The number of carbonyl (C=O) groups is 1. The normalized spacial score (nSPS) is 14.1. The predicted molar refractivity (Wildman–Crippen MR) is 94.6 cm³/mol. The second-order valence-electron chi connectivity index (χ2n) is 5.90. The minimum Gasteiger partial charge on any atom is -0.298 e. The third kappa shape index (κ3) is 2.43. The van der Waals surface area contributed by atoms with E-state index in [1.54, 1.807) is 18.3 Å². The summed E-state index contributed by atoms with van der Waals surface area (Å²) in [6, 6.07) is 13.4. The molecule has 1 aliphatic carbocycles. The van der Waals surface area contributed by atoms with Gasteiger partial charge in [-0.05, 0) is 69.9 Å². The van der Waals surface area contributed by atoms with E-state index in [1.165, 1.54) is 23.0 Å². The quantitative estimate of drug-likeness (QED) is 0.641. The Morgan fingerprint density at radius 1 is 1.13 bits per heavy atom. The number of benzene rings is 2. The lowest BCUT2D eigenvalue weighted by Gasteiger charge is -2.11. The molecule has 3 aromatic rings. The first-order chi connectivity index (χ1) is 11.2. The molecular weight excluding hydrogens is 354 g/mol. The zero-order valence-corrected chi connectivity index (χ0v) is 13.9. The van der Waals surface area contributed by atoms with Gasteiger partial charge in [0.1, 0.15) is 0 Å². The summed E-state index contributed by atoms with van der Waals surface area (Å²) in [5.74, 6) is 0.661. The van der Waals surface area contributed by atoms with Crippen LogP contribution in [0.15, 0.2) is 57.9 Å². The van der Waals surface area contributed by atoms with Crippen LogP contribution in [-0.4, -0.2) is 10.9 Å². The van der Waals surface area contributed by atoms with Crippen LogP contribution in [0.1, 0.15) is 34.7 Å². The van der Waals surface area contributed by atoms with Crippen molar-refractivity contribution in [2.75, 3.05) is 0 Å². The van der Waals surface area contributed by atoms with Gasteiger partial charge in [-0.3, -0.25) is 14.2 Å². The van der Waals surface area contributed by atoms with Gasteiger partial charge in [0.15, 0.2) is 6.29 Å². The van der Waals surface area contributed by atoms with Crippen molar-refractivity contribution in [1.29, 1.82) is 0 Å². The van der Waals surface area contributed by atoms with E-state index in [4.69, 9.17) is 0 Å². The number of carbonyl (C=O) groups excluding carboxylic acids is 1. The molecule has 0 N–H and O–H groups in total. The van der Waals surface area contributed by atoms with Crippen LogP contribution >= 0.6 is 15.9 Å². The maximum absolute atomic E-state index is 12.8. The van der Waals surface area contributed by atoms with Crippen LogP contribution in [0.4, 0.5) is 0 Å². The average molecular weight is 368 g/mol. The molecule has 0 bridgehead atoms. The molecule has 23 heavy (non-hydrogen) atoms. The first-order valence-electron chi connectivity index (χ1n) is 7.58. The molecule has 1 aromatic heterocycles. The third-order valence-corrected chi connectivity index (χ3v) is 5.08.